The maximum absolute atomic E-state index is 4.89. The maximum Gasteiger partial charge on any atom is 0.110 e. The van der Waals surface area contributed by atoms with Gasteiger partial charge >= 0.3 is 0 Å². The van der Waals surface area contributed by atoms with Crippen molar-refractivity contribution in [1.29, 1.82) is 0 Å². The van der Waals surface area contributed by atoms with Crippen LogP contribution in [0.25, 0.3) is 11.3 Å². The van der Waals surface area contributed by atoms with Gasteiger partial charge in [0, 0.05) is 30.8 Å². The standard InChI is InChI=1S/C16H21N3/c1-12-5-7-13(8-6-12)16-14-4-3-11-19(14)15(18-16)9-10-17-2/h5-8,17H,3-4,9-11H2,1-2H3. The van der Waals surface area contributed by atoms with Crippen molar-refractivity contribution in [3.8, 4) is 11.3 Å². The van der Waals surface area contributed by atoms with Crippen molar-refractivity contribution in [3.05, 3.63) is 41.3 Å². The first-order chi connectivity index (χ1) is 9.29. The average molecular weight is 255 g/mol. The smallest absolute Gasteiger partial charge is 0.110 e. The van der Waals surface area contributed by atoms with Crippen LogP contribution in [0, 0.1) is 6.92 Å². The highest BCUT2D eigenvalue weighted by Crippen LogP contribution is 2.29. The molecular formula is C16H21N3. The second-order valence-corrected chi connectivity index (χ2v) is 5.30. The molecule has 2 heterocycles. The Labute approximate surface area is 114 Å². The van der Waals surface area contributed by atoms with Crippen molar-refractivity contribution in [1.82, 2.24) is 14.9 Å². The van der Waals surface area contributed by atoms with Crippen LogP contribution in [0.1, 0.15) is 23.5 Å². The number of hydrogen-bond donors (Lipinski definition) is 1. The van der Waals surface area contributed by atoms with Crippen LogP contribution >= 0.6 is 0 Å². The van der Waals surface area contributed by atoms with Gasteiger partial charge in [-0.2, -0.15) is 0 Å². The Morgan fingerprint density at radius 1 is 1.26 bits per heavy atom. The summed E-state index contributed by atoms with van der Waals surface area (Å²) in [5, 5.41) is 3.21. The maximum atomic E-state index is 4.89. The van der Waals surface area contributed by atoms with E-state index in [1.54, 1.807) is 0 Å². The van der Waals surface area contributed by atoms with E-state index in [0.717, 1.165) is 25.9 Å². The predicted octanol–water partition coefficient (Wildman–Crippen LogP) is 2.57. The first-order valence-corrected chi connectivity index (χ1v) is 7.09. The highest BCUT2D eigenvalue weighted by molar-refractivity contribution is 5.63. The summed E-state index contributed by atoms with van der Waals surface area (Å²) < 4.78 is 2.42. The van der Waals surface area contributed by atoms with Gasteiger partial charge in [-0.1, -0.05) is 29.8 Å². The van der Waals surface area contributed by atoms with Crippen molar-refractivity contribution in [2.45, 2.75) is 32.7 Å². The number of likely N-dealkylation sites (N-methyl/N-ethyl adjacent to an activating group) is 1. The summed E-state index contributed by atoms with van der Waals surface area (Å²) in [6, 6.07) is 8.73. The van der Waals surface area contributed by atoms with Gasteiger partial charge in [0.2, 0.25) is 0 Å². The Hall–Kier alpha value is -1.61. The summed E-state index contributed by atoms with van der Waals surface area (Å²) in [7, 11) is 1.99. The van der Waals surface area contributed by atoms with Gasteiger partial charge in [0.05, 0.1) is 5.69 Å². The van der Waals surface area contributed by atoms with Gasteiger partial charge in [-0.05, 0) is 26.8 Å². The fourth-order valence-corrected chi connectivity index (χ4v) is 2.83. The van der Waals surface area contributed by atoms with E-state index >= 15 is 0 Å². The van der Waals surface area contributed by atoms with Gasteiger partial charge < -0.3 is 9.88 Å². The van der Waals surface area contributed by atoms with Crippen LogP contribution in [-0.2, 0) is 19.4 Å². The van der Waals surface area contributed by atoms with E-state index in [9.17, 15) is 0 Å². The molecule has 1 aromatic carbocycles. The van der Waals surface area contributed by atoms with E-state index in [4.69, 9.17) is 4.98 Å². The molecule has 3 nitrogen and oxygen atoms in total. The molecule has 1 aliphatic rings. The van der Waals surface area contributed by atoms with Gasteiger partial charge in [0.1, 0.15) is 5.82 Å². The first-order valence-electron chi connectivity index (χ1n) is 7.09. The zero-order valence-corrected chi connectivity index (χ0v) is 11.7. The van der Waals surface area contributed by atoms with Crippen LogP contribution in [-0.4, -0.2) is 23.1 Å². The fraction of sp³-hybridized carbons (Fsp3) is 0.438. The molecule has 0 fully saturated rings. The monoisotopic (exact) mass is 255 g/mol. The number of nitrogens with zero attached hydrogens (tertiary/aromatic N) is 2. The van der Waals surface area contributed by atoms with Crippen LogP contribution < -0.4 is 5.32 Å². The van der Waals surface area contributed by atoms with Crippen LogP contribution in [0.4, 0.5) is 0 Å². The minimum absolute atomic E-state index is 0.990. The highest BCUT2D eigenvalue weighted by atomic mass is 15.1. The Kier molecular flexibility index (Phi) is 3.38. The summed E-state index contributed by atoms with van der Waals surface area (Å²) in [4.78, 5) is 4.89. The van der Waals surface area contributed by atoms with Crippen molar-refractivity contribution in [2.75, 3.05) is 13.6 Å². The first kappa shape index (κ1) is 12.4. The number of hydrogen-bond acceptors (Lipinski definition) is 2. The molecule has 19 heavy (non-hydrogen) atoms. The lowest BCUT2D eigenvalue weighted by molar-refractivity contribution is 0.663. The third-order valence-corrected chi connectivity index (χ3v) is 3.87. The van der Waals surface area contributed by atoms with E-state index < -0.39 is 0 Å². The second kappa shape index (κ2) is 5.17. The number of benzene rings is 1. The molecule has 1 N–H and O–H groups in total. The third kappa shape index (κ3) is 2.30. The second-order valence-electron chi connectivity index (χ2n) is 5.30. The summed E-state index contributed by atoms with van der Waals surface area (Å²) in [6.45, 7) is 4.25. The summed E-state index contributed by atoms with van der Waals surface area (Å²) in [6.07, 6.45) is 3.42. The predicted molar refractivity (Wildman–Crippen MR) is 78.4 cm³/mol. The van der Waals surface area contributed by atoms with Crippen LogP contribution in [0.5, 0.6) is 0 Å². The quantitative estimate of drug-likeness (QED) is 0.910. The molecule has 1 aromatic heterocycles. The zero-order chi connectivity index (χ0) is 13.2. The van der Waals surface area contributed by atoms with Gasteiger partial charge in [0.15, 0.2) is 0 Å². The SMILES string of the molecule is CNCCc1nc(-c2ccc(C)cc2)c2n1CCC2. The third-order valence-electron chi connectivity index (χ3n) is 3.87. The molecule has 0 spiro atoms. The van der Waals surface area contributed by atoms with E-state index in [1.807, 2.05) is 7.05 Å². The number of imidazole rings is 1. The Morgan fingerprint density at radius 3 is 2.79 bits per heavy atom. The minimum atomic E-state index is 0.990. The minimum Gasteiger partial charge on any atom is -0.331 e. The van der Waals surface area contributed by atoms with Crippen molar-refractivity contribution >= 4 is 0 Å². The number of nitrogens with one attached hydrogen (secondary N) is 1. The molecule has 0 saturated carbocycles. The molecule has 0 saturated heterocycles. The largest absolute Gasteiger partial charge is 0.331 e. The topological polar surface area (TPSA) is 29.9 Å². The number of aryl methyl sites for hydroxylation is 1. The van der Waals surface area contributed by atoms with Gasteiger partial charge in [-0.15, -0.1) is 0 Å². The Balaban J connectivity index is 1.99. The molecule has 2 aromatic rings. The fourth-order valence-electron chi connectivity index (χ4n) is 2.83. The molecular weight excluding hydrogens is 234 g/mol. The average Bonchev–Trinajstić information content (AvgIpc) is 3.00. The number of rotatable bonds is 4. The van der Waals surface area contributed by atoms with Crippen molar-refractivity contribution in [3.63, 3.8) is 0 Å². The Morgan fingerprint density at radius 2 is 2.05 bits per heavy atom. The van der Waals surface area contributed by atoms with Crippen molar-refractivity contribution < 1.29 is 0 Å². The van der Waals surface area contributed by atoms with Crippen molar-refractivity contribution in [2.24, 2.45) is 0 Å². The Bertz CT molecular complexity index is 566. The summed E-state index contributed by atoms with van der Waals surface area (Å²) in [5.74, 6) is 1.23. The molecule has 3 rings (SSSR count). The molecule has 0 atom stereocenters. The lowest BCUT2D eigenvalue weighted by Gasteiger charge is -2.02. The van der Waals surface area contributed by atoms with E-state index in [1.165, 1.54) is 34.8 Å². The van der Waals surface area contributed by atoms with Crippen LogP contribution in [0.15, 0.2) is 24.3 Å². The van der Waals surface area contributed by atoms with Gasteiger partial charge in [-0.3, -0.25) is 0 Å². The summed E-state index contributed by atoms with van der Waals surface area (Å²) >= 11 is 0. The molecule has 1 aliphatic heterocycles. The molecule has 0 bridgehead atoms. The zero-order valence-electron chi connectivity index (χ0n) is 11.7. The lowest BCUT2D eigenvalue weighted by atomic mass is 10.1. The molecule has 0 aliphatic carbocycles. The molecule has 0 radical (unpaired) electrons. The number of fused-ring (bicyclic) bond motifs is 1. The lowest BCUT2D eigenvalue weighted by Crippen LogP contribution is -2.13. The highest BCUT2D eigenvalue weighted by Gasteiger charge is 2.21. The van der Waals surface area contributed by atoms with E-state index in [2.05, 4.69) is 41.1 Å². The molecule has 100 valence electrons. The van der Waals surface area contributed by atoms with Gasteiger partial charge in [-0.25, -0.2) is 4.98 Å². The molecule has 0 amide bonds. The normalized spacial score (nSPS) is 13.8. The summed E-state index contributed by atoms with van der Waals surface area (Å²) in [5.41, 5.74) is 5.18. The molecule has 0 unspecified atom stereocenters. The van der Waals surface area contributed by atoms with Gasteiger partial charge in [0.25, 0.3) is 0 Å². The van der Waals surface area contributed by atoms with Crippen LogP contribution in [0.3, 0.4) is 0 Å². The van der Waals surface area contributed by atoms with E-state index in [0.29, 0.717) is 0 Å². The number of aromatic nitrogens is 2. The van der Waals surface area contributed by atoms with E-state index in [-0.39, 0.29) is 0 Å². The molecule has 3 heteroatoms. The van der Waals surface area contributed by atoms with Crippen LogP contribution in [0.2, 0.25) is 0 Å².